The van der Waals surface area contributed by atoms with E-state index in [0.29, 0.717) is 0 Å². The van der Waals surface area contributed by atoms with Crippen molar-refractivity contribution < 1.29 is 0 Å². The van der Waals surface area contributed by atoms with E-state index in [1.165, 1.54) is 0 Å². The van der Waals surface area contributed by atoms with Gasteiger partial charge in [-0.25, -0.2) is 0 Å². The van der Waals surface area contributed by atoms with Gasteiger partial charge in [-0.2, -0.15) is 0 Å². The molecule has 0 nitrogen and oxygen atoms in total. The third-order valence-corrected chi connectivity index (χ3v) is 2.39. The molecule has 0 aliphatic carbocycles. The van der Waals surface area contributed by atoms with Crippen LogP contribution in [0.1, 0.15) is 13.8 Å². The first-order valence-corrected chi connectivity index (χ1v) is 3.96. The van der Waals surface area contributed by atoms with Gasteiger partial charge in [0.15, 0.2) is 0 Å². The molecule has 0 saturated heterocycles. The van der Waals surface area contributed by atoms with Crippen molar-refractivity contribution in [3.63, 3.8) is 0 Å². The molecule has 0 aromatic carbocycles. The predicted octanol–water partition coefficient (Wildman–Crippen LogP) is -0.872. The van der Waals surface area contributed by atoms with Gasteiger partial charge in [0, 0.05) is 23.5 Å². The third kappa shape index (κ3) is 2.28. The largest absolute Gasteiger partial charge is 0.140 e. The van der Waals surface area contributed by atoms with Crippen molar-refractivity contribution in [1.82, 2.24) is 0 Å². The van der Waals surface area contributed by atoms with E-state index in [-0.39, 0.29) is 5.92 Å². The highest BCUT2D eigenvalue weighted by atomic mass is 14.3. The Labute approximate surface area is 90.6 Å². The van der Waals surface area contributed by atoms with E-state index in [1.807, 2.05) is 0 Å². The molecule has 0 amide bonds. The smallest absolute Gasteiger partial charge is 0.0611 e. The average Bonchev–Trinajstić information content (AvgIpc) is 1.84. The molecule has 0 aliphatic heterocycles. The maximum absolute atomic E-state index is 5.71. The number of hydrogen-bond donors (Lipinski definition) is 0. The highest BCUT2D eigenvalue weighted by Gasteiger charge is 2.43. The Morgan fingerprint density at radius 1 is 0.769 bits per heavy atom. The van der Waals surface area contributed by atoms with Crippen molar-refractivity contribution in [1.29, 1.82) is 0 Å². The van der Waals surface area contributed by atoms with Crippen LogP contribution < -0.4 is 0 Å². The van der Waals surface area contributed by atoms with Crippen LogP contribution in [0, 0.1) is 5.92 Å². The molecule has 0 rings (SSSR count). The normalized spacial score (nSPS) is 14.7. The van der Waals surface area contributed by atoms with Gasteiger partial charge in [-0.3, -0.25) is 0 Å². The second-order valence-electron chi connectivity index (χ2n) is 3.89. The van der Waals surface area contributed by atoms with Gasteiger partial charge in [0.2, 0.25) is 0 Å². The van der Waals surface area contributed by atoms with Gasteiger partial charge in [-0.1, -0.05) is 19.8 Å². The molecule has 0 saturated carbocycles. The van der Waals surface area contributed by atoms with E-state index in [4.69, 9.17) is 54.9 Å². The summed E-state index contributed by atoms with van der Waals surface area (Å²) in [4.78, 5) is 0. The lowest BCUT2D eigenvalue weighted by atomic mass is 9.13. The van der Waals surface area contributed by atoms with Crippen molar-refractivity contribution >= 4 is 54.9 Å². The minimum atomic E-state index is -1.83. The Morgan fingerprint density at radius 2 is 1.08 bits per heavy atom. The van der Waals surface area contributed by atoms with Gasteiger partial charge in [0.05, 0.1) is 31.4 Å². The van der Waals surface area contributed by atoms with E-state index in [2.05, 4.69) is 0 Å². The van der Waals surface area contributed by atoms with Gasteiger partial charge >= 0.3 is 0 Å². The molecule has 0 heterocycles. The Hall–Kier alpha value is 0.455. The molecular formula is C6H7B7. The quantitative estimate of drug-likeness (QED) is 0.464. The van der Waals surface area contributed by atoms with Gasteiger partial charge in [0.1, 0.15) is 0 Å². The topological polar surface area (TPSA) is 0 Å². The predicted molar refractivity (Wildman–Crippen MR) is 63.2 cm³/mol. The fraction of sp³-hybridized carbons (Fsp3) is 1.00. The summed E-state index contributed by atoms with van der Waals surface area (Å²) in [6.45, 7) is 3.50. The lowest BCUT2D eigenvalue weighted by Crippen LogP contribution is -2.46. The Kier molecular flexibility index (Phi) is 3.67. The Morgan fingerprint density at radius 3 is 1.15 bits per heavy atom. The summed E-state index contributed by atoms with van der Waals surface area (Å²) in [6.07, 6.45) is 0. The van der Waals surface area contributed by atoms with Crippen LogP contribution in [0.4, 0.5) is 0 Å². The minimum Gasteiger partial charge on any atom is -0.140 e. The van der Waals surface area contributed by atoms with Crippen molar-refractivity contribution in [3.8, 4) is 0 Å². The number of hydrogen-bond acceptors (Lipinski definition) is 0. The average molecular weight is 155 g/mol. The second-order valence-corrected chi connectivity index (χ2v) is 3.89. The molecule has 0 N–H and O–H groups in total. The Bertz CT molecular complexity index is 178. The maximum Gasteiger partial charge on any atom is 0.0611 e. The lowest BCUT2D eigenvalue weighted by molar-refractivity contribution is 0.476. The van der Waals surface area contributed by atoms with E-state index < -0.39 is 15.5 Å². The molecule has 0 unspecified atom stereocenters. The first-order valence-electron chi connectivity index (χ1n) is 3.96. The first kappa shape index (κ1) is 13.5. The minimum absolute atomic E-state index is 0.211. The summed E-state index contributed by atoms with van der Waals surface area (Å²) in [7, 11) is 38.8. The summed E-state index contributed by atoms with van der Waals surface area (Å²) in [6, 6.07) is 0. The van der Waals surface area contributed by atoms with Crippen LogP contribution in [0.5, 0.6) is 0 Å². The summed E-state index contributed by atoms with van der Waals surface area (Å²) in [5, 5.41) is -5.03. The molecule has 0 bridgehead atoms. The molecular weight excluding hydrogens is 148 g/mol. The SMILES string of the molecule is [B]C([B])([B])C([B])([B])C([B])([B])C(C)C. The van der Waals surface area contributed by atoms with Crippen LogP contribution in [-0.4, -0.2) is 54.9 Å². The Balaban J connectivity index is 5.04. The monoisotopic (exact) mass is 156 g/mol. The van der Waals surface area contributed by atoms with Crippen LogP contribution in [0.3, 0.4) is 0 Å². The summed E-state index contributed by atoms with van der Waals surface area (Å²) >= 11 is 0. The fourth-order valence-electron chi connectivity index (χ4n) is 0.853. The van der Waals surface area contributed by atoms with Gasteiger partial charge in [-0.15, -0.1) is 15.5 Å². The molecule has 0 atom stereocenters. The zero-order valence-electron chi connectivity index (χ0n) is 8.12. The van der Waals surface area contributed by atoms with Gasteiger partial charge < -0.3 is 0 Å². The van der Waals surface area contributed by atoms with Crippen LogP contribution in [0.2, 0.25) is 15.5 Å². The van der Waals surface area contributed by atoms with Crippen LogP contribution in [0.15, 0.2) is 0 Å². The molecule has 0 aliphatic rings. The maximum atomic E-state index is 5.71. The fourth-order valence-corrected chi connectivity index (χ4v) is 0.853. The van der Waals surface area contributed by atoms with E-state index in [0.717, 1.165) is 0 Å². The second kappa shape index (κ2) is 3.55. The van der Waals surface area contributed by atoms with Gasteiger partial charge in [-0.05, 0) is 0 Å². The summed E-state index contributed by atoms with van der Waals surface area (Å²) in [5.74, 6) is -0.211. The highest BCUT2D eigenvalue weighted by Crippen LogP contribution is 2.57. The van der Waals surface area contributed by atoms with Crippen LogP contribution in [0.25, 0.3) is 0 Å². The van der Waals surface area contributed by atoms with E-state index >= 15 is 0 Å². The van der Waals surface area contributed by atoms with E-state index in [1.54, 1.807) is 13.8 Å². The zero-order chi connectivity index (χ0) is 11.1. The van der Waals surface area contributed by atoms with Gasteiger partial charge in [0.25, 0.3) is 0 Å². The standard InChI is InChI=1S/C6H7B7/c1-3(2)4(7,8)5(9,10)6(11,12)13/h3H,1-2H3. The van der Waals surface area contributed by atoms with E-state index in [9.17, 15) is 0 Å². The summed E-state index contributed by atoms with van der Waals surface area (Å²) < 4.78 is 0. The van der Waals surface area contributed by atoms with Crippen molar-refractivity contribution in [2.45, 2.75) is 29.4 Å². The van der Waals surface area contributed by atoms with Crippen molar-refractivity contribution in [3.05, 3.63) is 0 Å². The first-order chi connectivity index (χ1) is 5.44. The molecule has 52 valence electrons. The molecule has 0 spiro atoms. The van der Waals surface area contributed by atoms with Crippen LogP contribution in [-0.2, 0) is 0 Å². The molecule has 0 aromatic heterocycles. The molecule has 0 fully saturated rings. The zero-order valence-corrected chi connectivity index (χ0v) is 8.12. The molecule has 13 heavy (non-hydrogen) atoms. The molecule has 0 aromatic rings. The number of rotatable bonds is 3. The third-order valence-electron chi connectivity index (χ3n) is 2.39. The summed E-state index contributed by atoms with van der Waals surface area (Å²) in [5.41, 5.74) is 0. The molecule has 14 radical (unpaired) electrons. The van der Waals surface area contributed by atoms with Crippen molar-refractivity contribution in [2.75, 3.05) is 0 Å². The van der Waals surface area contributed by atoms with Crippen LogP contribution >= 0.6 is 0 Å². The lowest BCUT2D eigenvalue weighted by Gasteiger charge is -2.56. The molecule has 7 heteroatoms. The van der Waals surface area contributed by atoms with Crippen molar-refractivity contribution in [2.24, 2.45) is 5.92 Å². The highest BCUT2D eigenvalue weighted by molar-refractivity contribution is 6.70.